The molecule has 0 spiro atoms. The van der Waals surface area contributed by atoms with Crippen LogP contribution in [0.4, 0.5) is 5.69 Å². The van der Waals surface area contributed by atoms with Gasteiger partial charge in [-0.2, -0.15) is 5.10 Å². The molecule has 1 aromatic heterocycles. The first-order valence-corrected chi connectivity index (χ1v) is 10.4. The third kappa shape index (κ3) is 4.12. The van der Waals surface area contributed by atoms with Crippen molar-refractivity contribution in [1.82, 2.24) is 4.98 Å². The van der Waals surface area contributed by atoms with Gasteiger partial charge < -0.3 is 4.98 Å². The Hall–Kier alpha value is -4.11. The molecule has 31 heavy (non-hydrogen) atoms. The lowest BCUT2D eigenvalue weighted by molar-refractivity contribution is 0.859. The standard InChI is InChI=1S/C28H23N3/c1-4-12-22(13-5-1)21-31(24-16-8-3-9-17-24)29-20-26-25-18-10-11-19-27(25)30-28(26)23-14-6-2-7-15-23/h1-20,30H,21H2/b29-20+. The molecule has 5 aromatic rings. The van der Waals surface area contributed by atoms with Gasteiger partial charge in [0.1, 0.15) is 0 Å². The number of benzene rings is 4. The van der Waals surface area contributed by atoms with Gasteiger partial charge in [0.05, 0.1) is 24.1 Å². The number of aromatic nitrogens is 1. The number of nitrogens with zero attached hydrogens (tertiary/aromatic N) is 2. The van der Waals surface area contributed by atoms with Crippen molar-refractivity contribution < 1.29 is 0 Å². The zero-order valence-electron chi connectivity index (χ0n) is 17.1. The van der Waals surface area contributed by atoms with E-state index < -0.39 is 0 Å². The van der Waals surface area contributed by atoms with Crippen molar-refractivity contribution in [3.63, 3.8) is 0 Å². The Morgan fingerprint density at radius 2 is 1.29 bits per heavy atom. The van der Waals surface area contributed by atoms with Crippen LogP contribution in [0.25, 0.3) is 22.2 Å². The lowest BCUT2D eigenvalue weighted by atomic mass is 10.1. The predicted octanol–water partition coefficient (Wildman–Crippen LogP) is 6.88. The zero-order valence-corrected chi connectivity index (χ0v) is 17.1. The van der Waals surface area contributed by atoms with Crippen molar-refractivity contribution in [3.05, 3.63) is 126 Å². The highest BCUT2D eigenvalue weighted by molar-refractivity contribution is 6.06. The molecule has 0 saturated heterocycles. The van der Waals surface area contributed by atoms with E-state index in [0.29, 0.717) is 6.54 Å². The van der Waals surface area contributed by atoms with E-state index in [1.807, 2.05) is 41.6 Å². The average molecular weight is 402 g/mol. The Labute approximate surface area is 182 Å². The Bertz CT molecular complexity index is 1290. The van der Waals surface area contributed by atoms with Gasteiger partial charge in [0.15, 0.2) is 0 Å². The van der Waals surface area contributed by atoms with Gasteiger partial charge in [-0.1, -0.05) is 97.1 Å². The van der Waals surface area contributed by atoms with Crippen molar-refractivity contribution in [1.29, 1.82) is 0 Å². The Morgan fingerprint density at radius 1 is 0.677 bits per heavy atom. The summed E-state index contributed by atoms with van der Waals surface area (Å²) >= 11 is 0. The van der Waals surface area contributed by atoms with Crippen LogP contribution in [0.15, 0.2) is 120 Å². The molecule has 0 saturated carbocycles. The molecule has 3 heteroatoms. The van der Waals surface area contributed by atoms with Crippen LogP contribution in [-0.2, 0) is 6.54 Å². The maximum atomic E-state index is 4.96. The fourth-order valence-corrected chi connectivity index (χ4v) is 3.81. The molecule has 1 heterocycles. The van der Waals surface area contributed by atoms with E-state index in [2.05, 4.69) is 89.9 Å². The van der Waals surface area contributed by atoms with E-state index in [-0.39, 0.29) is 0 Å². The van der Waals surface area contributed by atoms with Gasteiger partial charge >= 0.3 is 0 Å². The quantitative estimate of drug-likeness (QED) is 0.244. The van der Waals surface area contributed by atoms with Crippen molar-refractivity contribution in [3.8, 4) is 11.3 Å². The number of hydrogen-bond acceptors (Lipinski definition) is 2. The first kappa shape index (κ1) is 18.9. The number of hydrazone groups is 1. The van der Waals surface area contributed by atoms with Crippen molar-refractivity contribution in [2.75, 3.05) is 5.01 Å². The molecule has 150 valence electrons. The van der Waals surface area contributed by atoms with Gasteiger partial charge in [-0.05, 0) is 29.3 Å². The van der Waals surface area contributed by atoms with Crippen LogP contribution in [0.5, 0.6) is 0 Å². The molecule has 1 N–H and O–H groups in total. The molecule has 0 bridgehead atoms. The lowest BCUT2D eigenvalue weighted by Crippen LogP contribution is -2.16. The van der Waals surface area contributed by atoms with E-state index in [0.717, 1.165) is 33.4 Å². The summed E-state index contributed by atoms with van der Waals surface area (Å²) in [7, 11) is 0. The summed E-state index contributed by atoms with van der Waals surface area (Å²) in [5.41, 5.74) is 6.70. The molecule has 0 radical (unpaired) electrons. The maximum absolute atomic E-state index is 4.96. The number of nitrogens with one attached hydrogen (secondary N) is 1. The van der Waals surface area contributed by atoms with Gasteiger partial charge in [0, 0.05) is 16.5 Å². The molecule has 3 nitrogen and oxygen atoms in total. The van der Waals surface area contributed by atoms with Crippen LogP contribution in [0.3, 0.4) is 0 Å². The van der Waals surface area contributed by atoms with Crippen LogP contribution >= 0.6 is 0 Å². The molecule has 0 aliphatic carbocycles. The van der Waals surface area contributed by atoms with Gasteiger partial charge in [-0.3, -0.25) is 5.01 Å². The number of hydrogen-bond donors (Lipinski definition) is 1. The first-order valence-electron chi connectivity index (χ1n) is 10.4. The largest absolute Gasteiger partial charge is 0.354 e. The summed E-state index contributed by atoms with van der Waals surface area (Å²) in [6, 6.07) is 39.5. The molecule has 4 aromatic carbocycles. The lowest BCUT2D eigenvalue weighted by Gasteiger charge is -2.19. The molecule has 0 aliphatic rings. The van der Waals surface area contributed by atoms with Crippen molar-refractivity contribution in [2.24, 2.45) is 5.10 Å². The molecule has 0 unspecified atom stereocenters. The third-order valence-electron chi connectivity index (χ3n) is 5.36. The maximum Gasteiger partial charge on any atom is 0.0666 e. The second kappa shape index (κ2) is 8.72. The van der Waals surface area contributed by atoms with Crippen LogP contribution < -0.4 is 5.01 Å². The predicted molar refractivity (Wildman–Crippen MR) is 130 cm³/mol. The summed E-state index contributed by atoms with van der Waals surface area (Å²) in [5.74, 6) is 0. The minimum atomic E-state index is 0.699. The molecule has 5 rings (SSSR count). The zero-order chi connectivity index (χ0) is 20.9. The minimum absolute atomic E-state index is 0.699. The second-order valence-corrected chi connectivity index (χ2v) is 7.45. The van der Waals surface area contributed by atoms with Crippen LogP contribution in [-0.4, -0.2) is 11.2 Å². The van der Waals surface area contributed by atoms with Crippen LogP contribution in [0.2, 0.25) is 0 Å². The normalized spacial score (nSPS) is 11.2. The third-order valence-corrected chi connectivity index (χ3v) is 5.36. The fourth-order valence-electron chi connectivity index (χ4n) is 3.81. The van der Waals surface area contributed by atoms with E-state index in [9.17, 15) is 0 Å². The molecule has 0 atom stereocenters. The molecule has 0 amide bonds. The Balaban J connectivity index is 1.58. The van der Waals surface area contributed by atoms with E-state index in [1.54, 1.807) is 0 Å². The first-order chi connectivity index (χ1) is 15.4. The number of rotatable bonds is 6. The van der Waals surface area contributed by atoms with E-state index in [1.165, 1.54) is 5.56 Å². The molecule has 0 aliphatic heterocycles. The summed E-state index contributed by atoms with van der Waals surface area (Å²) in [4.78, 5) is 3.58. The SMILES string of the molecule is C(=N\N(Cc1ccccc1)c1ccccc1)/c1c(-c2ccccc2)[nH]c2ccccc12. The monoisotopic (exact) mass is 401 g/mol. The highest BCUT2D eigenvalue weighted by atomic mass is 15.4. The summed E-state index contributed by atoms with van der Waals surface area (Å²) in [6.45, 7) is 0.699. The number of para-hydroxylation sites is 2. The van der Waals surface area contributed by atoms with Crippen molar-refractivity contribution in [2.45, 2.75) is 6.54 Å². The summed E-state index contributed by atoms with van der Waals surface area (Å²) < 4.78 is 0. The summed E-state index contributed by atoms with van der Waals surface area (Å²) in [5, 5.41) is 8.17. The molecular weight excluding hydrogens is 378 g/mol. The number of anilines is 1. The van der Waals surface area contributed by atoms with Gasteiger partial charge in [-0.15, -0.1) is 0 Å². The highest BCUT2D eigenvalue weighted by Crippen LogP contribution is 2.29. The number of aromatic amines is 1. The molecule has 0 fully saturated rings. The van der Waals surface area contributed by atoms with E-state index in [4.69, 9.17) is 5.10 Å². The smallest absolute Gasteiger partial charge is 0.0666 e. The number of fused-ring (bicyclic) bond motifs is 1. The fraction of sp³-hybridized carbons (Fsp3) is 0.0357. The van der Waals surface area contributed by atoms with Gasteiger partial charge in [0.25, 0.3) is 0 Å². The van der Waals surface area contributed by atoms with Crippen molar-refractivity contribution >= 4 is 22.8 Å². The highest BCUT2D eigenvalue weighted by Gasteiger charge is 2.12. The van der Waals surface area contributed by atoms with Crippen LogP contribution in [0.1, 0.15) is 11.1 Å². The Kier molecular flexibility index (Phi) is 5.31. The topological polar surface area (TPSA) is 31.4 Å². The van der Waals surface area contributed by atoms with Gasteiger partial charge in [-0.25, -0.2) is 0 Å². The van der Waals surface area contributed by atoms with Crippen LogP contribution in [0, 0.1) is 0 Å². The summed E-state index contributed by atoms with van der Waals surface area (Å²) in [6.07, 6.45) is 1.98. The molecular formula is C28H23N3. The average Bonchev–Trinajstić information content (AvgIpc) is 3.22. The number of H-pyrrole nitrogens is 1. The minimum Gasteiger partial charge on any atom is -0.354 e. The van der Waals surface area contributed by atoms with Gasteiger partial charge in [0.2, 0.25) is 0 Å². The van der Waals surface area contributed by atoms with E-state index >= 15 is 0 Å². The Morgan fingerprint density at radius 3 is 2.03 bits per heavy atom. The second-order valence-electron chi connectivity index (χ2n) is 7.45.